The summed E-state index contributed by atoms with van der Waals surface area (Å²) in [7, 11) is 0. The highest BCUT2D eigenvalue weighted by Gasteiger charge is 2.36. The van der Waals surface area contributed by atoms with Crippen LogP contribution in [0, 0.1) is 6.92 Å². The third-order valence-electron chi connectivity index (χ3n) is 7.34. The van der Waals surface area contributed by atoms with Gasteiger partial charge in [-0.25, -0.2) is 0 Å². The molecule has 0 spiro atoms. The number of rotatable bonds is 15. The second-order valence-corrected chi connectivity index (χ2v) is 10.6. The van der Waals surface area contributed by atoms with Gasteiger partial charge in [0, 0.05) is 56.3 Å². The number of epoxide rings is 6. The number of benzene rings is 1. The first-order chi connectivity index (χ1) is 16.7. The van der Waals surface area contributed by atoms with E-state index in [1.165, 1.54) is 22.6 Å². The molecule has 7 rings (SSSR count). The molecule has 0 N–H and O–H groups in total. The molecule has 1 aromatic carbocycles. The summed E-state index contributed by atoms with van der Waals surface area (Å²) in [5.74, 6) is 0. The predicted molar refractivity (Wildman–Crippen MR) is 126 cm³/mol. The van der Waals surface area contributed by atoms with Crippen molar-refractivity contribution < 1.29 is 28.4 Å². The van der Waals surface area contributed by atoms with Crippen molar-refractivity contribution in [1.82, 2.24) is 0 Å². The van der Waals surface area contributed by atoms with E-state index in [1.54, 1.807) is 0 Å². The SMILES string of the molecule is Cc1c(N(CC2CO2)CC2CO2)cc(N(CC2CO2)CC2CO2)cc1N(CC1CO1)CC1CO1. The van der Waals surface area contributed by atoms with Crippen molar-refractivity contribution in [3.8, 4) is 0 Å². The maximum Gasteiger partial charge on any atom is 0.0984 e. The predicted octanol–water partition coefficient (Wildman–Crippen LogP) is 0.807. The van der Waals surface area contributed by atoms with Crippen LogP contribution in [-0.4, -0.2) is 116 Å². The second-order valence-electron chi connectivity index (χ2n) is 10.6. The molecule has 1 aromatic rings. The molecule has 9 nitrogen and oxygen atoms in total. The van der Waals surface area contributed by atoms with Crippen LogP contribution in [0.5, 0.6) is 0 Å². The Balaban J connectivity index is 1.25. The van der Waals surface area contributed by atoms with E-state index >= 15 is 0 Å². The van der Waals surface area contributed by atoms with Gasteiger partial charge in [-0.1, -0.05) is 0 Å². The minimum Gasteiger partial charge on any atom is -0.371 e. The van der Waals surface area contributed by atoms with Crippen molar-refractivity contribution in [2.45, 2.75) is 43.5 Å². The molecule has 6 heterocycles. The van der Waals surface area contributed by atoms with Crippen molar-refractivity contribution in [2.75, 3.05) is 93.6 Å². The molecule has 9 heteroatoms. The summed E-state index contributed by atoms with van der Waals surface area (Å²) in [5.41, 5.74) is 5.08. The average molecular weight is 474 g/mol. The van der Waals surface area contributed by atoms with Crippen LogP contribution < -0.4 is 14.7 Å². The maximum absolute atomic E-state index is 5.63. The third kappa shape index (κ3) is 5.61. The standard InChI is InChI=1S/C25H35N3O6/c1-16-24(27(6-20-12-31-20)7-21-13-32-21)2-17(26(4-18-10-29-18)5-19-11-30-19)3-25(16)28(8-22-14-33-22)9-23-15-34-23/h2-3,18-23H,4-15H2,1H3. The smallest absolute Gasteiger partial charge is 0.0984 e. The Labute approximate surface area is 200 Å². The van der Waals surface area contributed by atoms with Gasteiger partial charge in [0.1, 0.15) is 0 Å². The lowest BCUT2D eigenvalue weighted by atomic mass is 10.1. The van der Waals surface area contributed by atoms with Gasteiger partial charge in [0.15, 0.2) is 0 Å². The number of hydrogen-bond donors (Lipinski definition) is 0. The van der Waals surface area contributed by atoms with Crippen LogP contribution in [0.2, 0.25) is 0 Å². The Bertz CT molecular complexity index is 798. The number of nitrogens with zero attached hydrogens (tertiary/aromatic N) is 3. The van der Waals surface area contributed by atoms with Gasteiger partial charge in [-0.05, 0) is 24.6 Å². The molecule has 6 aliphatic heterocycles. The van der Waals surface area contributed by atoms with E-state index in [9.17, 15) is 0 Å². The fourth-order valence-corrected chi connectivity index (χ4v) is 4.85. The Morgan fingerprint density at radius 1 is 0.529 bits per heavy atom. The van der Waals surface area contributed by atoms with Crippen LogP contribution in [0.3, 0.4) is 0 Å². The Morgan fingerprint density at radius 2 is 0.794 bits per heavy atom. The van der Waals surface area contributed by atoms with E-state index < -0.39 is 0 Å². The van der Waals surface area contributed by atoms with E-state index in [4.69, 9.17) is 28.4 Å². The molecule has 6 saturated heterocycles. The molecule has 6 unspecified atom stereocenters. The normalized spacial score (nSPS) is 33.9. The van der Waals surface area contributed by atoms with Crippen LogP contribution >= 0.6 is 0 Å². The van der Waals surface area contributed by atoms with Gasteiger partial charge in [-0.3, -0.25) is 0 Å². The van der Waals surface area contributed by atoms with Gasteiger partial charge in [0.25, 0.3) is 0 Å². The van der Waals surface area contributed by atoms with Gasteiger partial charge in [0.2, 0.25) is 0 Å². The highest BCUT2D eigenvalue weighted by molar-refractivity contribution is 5.75. The number of ether oxygens (including phenoxy) is 6. The average Bonchev–Trinajstić information content (AvgIpc) is 3.63. The molecule has 0 saturated carbocycles. The van der Waals surface area contributed by atoms with Crippen molar-refractivity contribution in [2.24, 2.45) is 0 Å². The lowest BCUT2D eigenvalue weighted by molar-refractivity contribution is 0.388. The molecule has 6 atom stereocenters. The fourth-order valence-electron chi connectivity index (χ4n) is 4.85. The first kappa shape index (κ1) is 21.6. The summed E-state index contributed by atoms with van der Waals surface area (Å²) in [4.78, 5) is 7.42. The minimum absolute atomic E-state index is 0.317. The van der Waals surface area contributed by atoms with Gasteiger partial charge < -0.3 is 43.1 Å². The Morgan fingerprint density at radius 3 is 1.06 bits per heavy atom. The minimum atomic E-state index is 0.317. The van der Waals surface area contributed by atoms with Gasteiger partial charge >= 0.3 is 0 Å². The number of anilines is 3. The molecule has 0 bridgehead atoms. The molecule has 0 radical (unpaired) electrons. The van der Waals surface area contributed by atoms with Crippen molar-refractivity contribution in [3.63, 3.8) is 0 Å². The summed E-state index contributed by atoms with van der Waals surface area (Å²) in [6, 6.07) is 4.74. The first-order valence-electron chi connectivity index (χ1n) is 12.8. The van der Waals surface area contributed by atoms with E-state index in [0.29, 0.717) is 36.6 Å². The van der Waals surface area contributed by atoms with E-state index in [1.807, 2.05) is 0 Å². The molecule has 186 valence electrons. The van der Waals surface area contributed by atoms with Crippen molar-refractivity contribution in [1.29, 1.82) is 0 Å². The van der Waals surface area contributed by atoms with Crippen molar-refractivity contribution >= 4 is 17.1 Å². The second kappa shape index (κ2) is 8.80. The first-order valence-corrected chi connectivity index (χ1v) is 12.8. The van der Waals surface area contributed by atoms with Crippen LogP contribution in [0.25, 0.3) is 0 Å². The highest BCUT2D eigenvalue weighted by Crippen LogP contribution is 2.39. The monoisotopic (exact) mass is 473 g/mol. The Hall–Kier alpha value is -1.62. The quantitative estimate of drug-likeness (QED) is 0.344. The lowest BCUT2D eigenvalue weighted by Crippen LogP contribution is -2.36. The van der Waals surface area contributed by atoms with Crippen LogP contribution in [0.4, 0.5) is 17.1 Å². The summed E-state index contributed by atoms with van der Waals surface area (Å²) < 4.78 is 33.8. The summed E-state index contributed by atoms with van der Waals surface area (Å²) in [6.45, 7) is 12.8. The van der Waals surface area contributed by atoms with Gasteiger partial charge in [-0.2, -0.15) is 0 Å². The summed E-state index contributed by atoms with van der Waals surface area (Å²) >= 11 is 0. The fraction of sp³-hybridized carbons (Fsp3) is 0.760. The van der Waals surface area contributed by atoms with E-state index in [-0.39, 0.29) is 0 Å². The lowest BCUT2D eigenvalue weighted by Gasteiger charge is -2.34. The van der Waals surface area contributed by atoms with Crippen LogP contribution in [0.15, 0.2) is 12.1 Å². The molecule has 6 fully saturated rings. The molecule has 6 aliphatic rings. The largest absolute Gasteiger partial charge is 0.371 e. The number of hydrogen-bond acceptors (Lipinski definition) is 9. The summed E-state index contributed by atoms with van der Waals surface area (Å²) in [6.07, 6.45) is 1.90. The summed E-state index contributed by atoms with van der Waals surface area (Å²) in [5, 5.41) is 0. The molecule has 0 aliphatic carbocycles. The van der Waals surface area contributed by atoms with Gasteiger partial charge in [0.05, 0.1) is 76.3 Å². The van der Waals surface area contributed by atoms with E-state index in [2.05, 4.69) is 33.8 Å². The zero-order valence-electron chi connectivity index (χ0n) is 19.9. The molecule has 0 aromatic heterocycles. The molecular formula is C25H35N3O6. The van der Waals surface area contributed by atoms with Gasteiger partial charge in [-0.15, -0.1) is 0 Å². The maximum atomic E-state index is 5.63. The molecule has 0 amide bonds. The van der Waals surface area contributed by atoms with E-state index in [0.717, 1.165) is 78.9 Å². The van der Waals surface area contributed by atoms with Crippen LogP contribution in [-0.2, 0) is 28.4 Å². The highest BCUT2D eigenvalue weighted by atomic mass is 16.6. The Kier molecular flexibility index (Phi) is 5.60. The zero-order valence-corrected chi connectivity index (χ0v) is 19.9. The van der Waals surface area contributed by atoms with Crippen molar-refractivity contribution in [3.05, 3.63) is 17.7 Å². The van der Waals surface area contributed by atoms with Crippen LogP contribution in [0.1, 0.15) is 5.56 Å². The molecule has 34 heavy (non-hydrogen) atoms. The molecular weight excluding hydrogens is 438 g/mol. The zero-order chi connectivity index (χ0) is 22.6. The topological polar surface area (TPSA) is 84.9 Å². The third-order valence-corrected chi connectivity index (χ3v) is 7.34.